The molecule has 1 amide bonds. The molecule has 2 rings (SSSR count). The topological polar surface area (TPSA) is 69.8 Å². The van der Waals surface area contributed by atoms with Gasteiger partial charge in [0.15, 0.2) is 0 Å². The van der Waals surface area contributed by atoms with Crippen molar-refractivity contribution < 1.29 is 9.90 Å². The Morgan fingerprint density at radius 1 is 1.47 bits per heavy atom. The minimum Gasteiger partial charge on any atom is -0.465 e. The van der Waals surface area contributed by atoms with E-state index in [1.54, 1.807) is 7.05 Å². The first-order chi connectivity index (χ1) is 9.11. The Bertz CT molecular complexity index is 433. The van der Waals surface area contributed by atoms with Crippen LogP contribution in [0.4, 0.5) is 10.5 Å². The Morgan fingerprint density at radius 2 is 2.16 bits per heavy atom. The van der Waals surface area contributed by atoms with Gasteiger partial charge < -0.3 is 20.6 Å². The summed E-state index contributed by atoms with van der Waals surface area (Å²) >= 11 is 0. The van der Waals surface area contributed by atoms with Crippen LogP contribution in [-0.2, 0) is 6.42 Å². The summed E-state index contributed by atoms with van der Waals surface area (Å²) in [5.74, 6) is 0. The van der Waals surface area contributed by atoms with Gasteiger partial charge in [0.2, 0.25) is 0 Å². The fourth-order valence-electron chi connectivity index (χ4n) is 2.49. The van der Waals surface area contributed by atoms with Crippen LogP contribution >= 0.6 is 0 Å². The quantitative estimate of drug-likeness (QED) is 0.861. The number of hydrogen-bond acceptors (Lipinski definition) is 3. The minimum atomic E-state index is -0.856. The molecule has 5 nitrogen and oxygen atoms in total. The van der Waals surface area contributed by atoms with Crippen LogP contribution in [0.1, 0.15) is 12.0 Å². The van der Waals surface area contributed by atoms with Gasteiger partial charge in [-0.05, 0) is 37.1 Å². The lowest BCUT2D eigenvalue weighted by molar-refractivity contribution is 0.142. The smallest absolute Gasteiger partial charge is 0.407 e. The number of rotatable bonds is 4. The number of nitrogens with two attached hydrogens (primary N) is 1. The van der Waals surface area contributed by atoms with E-state index in [4.69, 9.17) is 10.8 Å². The van der Waals surface area contributed by atoms with Crippen LogP contribution in [0.25, 0.3) is 0 Å². The Kier molecular flexibility index (Phi) is 4.27. The van der Waals surface area contributed by atoms with E-state index in [-0.39, 0.29) is 6.04 Å². The molecule has 1 aromatic rings. The molecule has 104 valence electrons. The molecule has 5 heteroatoms. The zero-order valence-corrected chi connectivity index (χ0v) is 11.2. The second-order valence-corrected chi connectivity index (χ2v) is 4.99. The van der Waals surface area contributed by atoms with Gasteiger partial charge in [0.1, 0.15) is 0 Å². The summed E-state index contributed by atoms with van der Waals surface area (Å²) in [7, 11) is 1.64. The fourth-order valence-corrected chi connectivity index (χ4v) is 2.49. The van der Waals surface area contributed by atoms with E-state index < -0.39 is 6.09 Å². The highest BCUT2D eigenvalue weighted by Crippen LogP contribution is 2.23. The number of anilines is 1. The van der Waals surface area contributed by atoms with Crippen LogP contribution in [-0.4, -0.2) is 48.8 Å². The number of amides is 1. The van der Waals surface area contributed by atoms with Gasteiger partial charge in [-0.2, -0.15) is 0 Å². The molecule has 1 fully saturated rings. The summed E-state index contributed by atoms with van der Waals surface area (Å²) in [6.07, 6.45) is 0.919. The van der Waals surface area contributed by atoms with Gasteiger partial charge in [-0.3, -0.25) is 0 Å². The molecular weight excluding hydrogens is 242 g/mol. The fraction of sp³-hybridized carbons (Fsp3) is 0.500. The Balaban J connectivity index is 1.98. The molecule has 0 bridgehead atoms. The third-order valence-electron chi connectivity index (χ3n) is 3.75. The summed E-state index contributed by atoms with van der Waals surface area (Å²) in [4.78, 5) is 14.6. The second-order valence-electron chi connectivity index (χ2n) is 4.99. The van der Waals surface area contributed by atoms with Gasteiger partial charge in [-0.1, -0.05) is 12.1 Å². The maximum absolute atomic E-state index is 10.9. The van der Waals surface area contributed by atoms with Crippen molar-refractivity contribution in [2.45, 2.75) is 18.9 Å². The van der Waals surface area contributed by atoms with Crippen molar-refractivity contribution in [3.8, 4) is 0 Å². The first-order valence-corrected chi connectivity index (χ1v) is 6.61. The van der Waals surface area contributed by atoms with Crippen molar-refractivity contribution in [1.82, 2.24) is 4.90 Å². The SMILES string of the molecule is CN(C(=O)O)C1CCN(c2ccc(CCN)cc2)C1. The first-order valence-electron chi connectivity index (χ1n) is 6.61. The van der Waals surface area contributed by atoms with Gasteiger partial charge in [-0.25, -0.2) is 4.79 Å². The number of hydrogen-bond donors (Lipinski definition) is 2. The van der Waals surface area contributed by atoms with Crippen molar-refractivity contribution in [1.29, 1.82) is 0 Å². The number of benzene rings is 1. The molecule has 3 N–H and O–H groups in total. The van der Waals surface area contributed by atoms with E-state index in [1.165, 1.54) is 10.5 Å². The molecule has 1 aliphatic heterocycles. The van der Waals surface area contributed by atoms with E-state index in [0.29, 0.717) is 6.54 Å². The molecule has 1 heterocycles. The van der Waals surface area contributed by atoms with Gasteiger partial charge in [0.05, 0.1) is 6.04 Å². The molecule has 1 aliphatic rings. The molecule has 19 heavy (non-hydrogen) atoms. The Hall–Kier alpha value is -1.75. The molecule has 1 aromatic carbocycles. The lowest BCUT2D eigenvalue weighted by Crippen LogP contribution is -2.38. The highest BCUT2D eigenvalue weighted by Gasteiger charge is 2.28. The molecule has 0 aliphatic carbocycles. The van der Waals surface area contributed by atoms with Crippen molar-refractivity contribution in [3.05, 3.63) is 29.8 Å². The average molecular weight is 263 g/mol. The predicted octanol–water partition coefficient (Wildman–Crippen LogP) is 1.38. The van der Waals surface area contributed by atoms with Gasteiger partial charge in [0.25, 0.3) is 0 Å². The molecule has 0 saturated carbocycles. The Morgan fingerprint density at radius 3 is 2.74 bits per heavy atom. The third kappa shape index (κ3) is 3.17. The molecule has 0 spiro atoms. The highest BCUT2D eigenvalue weighted by atomic mass is 16.4. The number of likely N-dealkylation sites (N-methyl/N-ethyl adjacent to an activating group) is 1. The molecule has 0 aromatic heterocycles. The number of carboxylic acid groups (broad SMARTS) is 1. The van der Waals surface area contributed by atoms with Crippen LogP contribution in [0.3, 0.4) is 0 Å². The first kappa shape index (κ1) is 13.7. The van der Waals surface area contributed by atoms with Gasteiger partial charge in [0, 0.05) is 25.8 Å². The zero-order chi connectivity index (χ0) is 13.8. The summed E-state index contributed by atoms with van der Waals surface area (Å²) in [5, 5.41) is 8.99. The molecular formula is C14H21N3O2. The summed E-state index contributed by atoms with van der Waals surface area (Å²) < 4.78 is 0. The molecule has 0 radical (unpaired) electrons. The second kappa shape index (κ2) is 5.93. The van der Waals surface area contributed by atoms with E-state index in [9.17, 15) is 4.79 Å². The van der Waals surface area contributed by atoms with E-state index in [1.807, 2.05) is 0 Å². The van der Waals surface area contributed by atoms with Crippen LogP contribution in [0.15, 0.2) is 24.3 Å². The van der Waals surface area contributed by atoms with E-state index in [2.05, 4.69) is 29.2 Å². The van der Waals surface area contributed by atoms with Crippen LogP contribution in [0.5, 0.6) is 0 Å². The maximum Gasteiger partial charge on any atom is 0.407 e. The lowest BCUT2D eigenvalue weighted by Gasteiger charge is -2.23. The summed E-state index contributed by atoms with van der Waals surface area (Å²) in [6.45, 7) is 2.33. The van der Waals surface area contributed by atoms with Crippen molar-refractivity contribution in [3.63, 3.8) is 0 Å². The summed E-state index contributed by atoms with van der Waals surface area (Å²) in [5.41, 5.74) is 7.92. The van der Waals surface area contributed by atoms with Crippen LogP contribution in [0, 0.1) is 0 Å². The number of nitrogens with zero attached hydrogens (tertiary/aromatic N) is 2. The lowest BCUT2D eigenvalue weighted by atomic mass is 10.1. The monoisotopic (exact) mass is 263 g/mol. The average Bonchev–Trinajstić information content (AvgIpc) is 2.88. The van der Waals surface area contributed by atoms with Crippen molar-refractivity contribution in [2.75, 3.05) is 31.6 Å². The highest BCUT2D eigenvalue weighted by molar-refractivity contribution is 5.65. The summed E-state index contributed by atoms with van der Waals surface area (Å²) in [6, 6.07) is 8.45. The zero-order valence-electron chi connectivity index (χ0n) is 11.2. The number of carbonyl (C=O) groups is 1. The van der Waals surface area contributed by atoms with Crippen LogP contribution in [0.2, 0.25) is 0 Å². The minimum absolute atomic E-state index is 0.0845. The van der Waals surface area contributed by atoms with E-state index in [0.717, 1.165) is 31.6 Å². The van der Waals surface area contributed by atoms with Gasteiger partial charge in [-0.15, -0.1) is 0 Å². The standard InChI is InChI=1S/C14H21N3O2/c1-16(14(18)19)13-7-9-17(10-13)12-4-2-11(3-5-12)6-8-15/h2-5,13H,6-10,15H2,1H3,(H,18,19). The third-order valence-corrected chi connectivity index (χ3v) is 3.75. The van der Waals surface area contributed by atoms with Gasteiger partial charge >= 0.3 is 6.09 Å². The predicted molar refractivity (Wildman–Crippen MR) is 75.6 cm³/mol. The molecule has 1 atom stereocenters. The van der Waals surface area contributed by atoms with Crippen molar-refractivity contribution in [2.24, 2.45) is 5.73 Å². The Labute approximate surface area is 113 Å². The maximum atomic E-state index is 10.9. The molecule has 1 saturated heterocycles. The largest absolute Gasteiger partial charge is 0.465 e. The molecule has 1 unspecified atom stereocenters. The van der Waals surface area contributed by atoms with E-state index >= 15 is 0 Å². The normalized spacial score (nSPS) is 18.6. The van der Waals surface area contributed by atoms with Crippen LogP contribution < -0.4 is 10.6 Å². The van der Waals surface area contributed by atoms with Crippen molar-refractivity contribution >= 4 is 11.8 Å².